The van der Waals surface area contributed by atoms with E-state index < -0.39 is 0 Å². The van der Waals surface area contributed by atoms with E-state index in [1.165, 1.54) is 36.1 Å². The van der Waals surface area contributed by atoms with Gasteiger partial charge in [-0.1, -0.05) is 41.9 Å². The number of amides is 1. The second-order valence-electron chi connectivity index (χ2n) is 9.57. The van der Waals surface area contributed by atoms with Crippen molar-refractivity contribution >= 4 is 28.9 Å². The Morgan fingerprint density at radius 3 is 2.64 bits per heavy atom. The molecule has 168 valence electrons. The van der Waals surface area contributed by atoms with Crippen LogP contribution < -0.4 is 15.4 Å². The van der Waals surface area contributed by atoms with Gasteiger partial charge in [0.25, 0.3) is 5.91 Å². The van der Waals surface area contributed by atoms with Gasteiger partial charge < -0.3 is 15.4 Å². The van der Waals surface area contributed by atoms with Crippen molar-refractivity contribution in [1.82, 2.24) is 0 Å². The normalized spacial score (nSPS) is 26.8. The van der Waals surface area contributed by atoms with Gasteiger partial charge in [0.05, 0.1) is 18.2 Å². The van der Waals surface area contributed by atoms with Gasteiger partial charge in [-0.05, 0) is 90.5 Å². The fourth-order valence-electron chi connectivity index (χ4n) is 6.57. The molecule has 0 aromatic heterocycles. The van der Waals surface area contributed by atoms with Crippen LogP contribution in [0.15, 0.2) is 66.7 Å². The maximum atomic E-state index is 13.1. The topological polar surface area (TPSA) is 50.4 Å². The molecule has 1 aliphatic heterocycles. The van der Waals surface area contributed by atoms with Crippen LogP contribution in [0.25, 0.3) is 0 Å². The number of benzene rings is 3. The van der Waals surface area contributed by atoms with E-state index in [2.05, 4.69) is 53.1 Å². The van der Waals surface area contributed by atoms with Crippen molar-refractivity contribution in [2.24, 2.45) is 17.8 Å². The van der Waals surface area contributed by atoms with Gasteiger partial charge in [0.2, 0.25) is 0 Å². The number of fused-ring (bicyclic) bond motifs is 7. The standard InChI is InChI=1S/C28H27ClN2O2/c1-33-24-12-10-20(15-22(24)29)30-28(32)19-9-11-23-21(14-19)25-17-7-8-18(13-17)26(25)27(31-23)16-5-3-2-4-6-16/h2-6,9-12,14-15,17-18,25-27,31H,7-8,13H2,1H3,(H,30,32)/t17-,18-,25-,26-,27-/m0/s1. The Morgan fingerprint density at radius 1 is 1.03 bits per heavy atom. The minimum atomic E-state index is -0.121. The first kappa shape index (κ1) is 20.6. The lowest BCUT2D eigenvalue weighted by Gasteiger charge is -2.43. The van der Waals surface area contributed by atoms with E-state index >= 15 is 0 Å². The van der Waals surface area contributed by atoms with Crippen molar-refractivity contribution < 1.29 is 9.53 Å². The Balaban J connectivity index is 1.32. The van der Waals surface area contributed by atoms with Crippen molar-refractivity contribution in [3.63, 3.8) is 0 Å². The predicted molar refractivity (Wildman–Crippen MR) is 132 cm³/mol. The zero-order valence-electron chi connectivity index (χ0n) is 18.6. The maximum Gasteiger partial charge on any atom is 0.255 e. The first-order chi connectivity index (χ1) is 16.1. The van der Waals surface area contributed by atoms with Crippen molar-refractivity contribution in [3.05, 3.63) is 88.4 Å². The quantitative estimate of drug-likeness (QED) is 0.447. The van der Waals surface area contributed by atoms with E-state index in [0.29, 0.717) is 45.8 Å². The number of methoxy groups -OCH3 is 1. The van der Waals surface area contributed by atoms with Crippen molar-refractivity contribution in [3.8, 4) is 5.75 Å². The molecule has 1 heterocycles. The van der Waals surface area contributed by atoms with Crippen LogP contribution in [0.5, 0.6) is 5.75 Å². The van der Waals surface area contributed by atoms with E-state index in [1.54, 1.807) is 25.3 Å². The number of anilines is 2. The molecule has 2 fully saturated rings. The number of hydrogen-bond donors (Lipinski definition) is 2. The fourth-order valence-corrected chi connectivity index (χ4v) is 6.82. The summed E-state index contributed by atoms with van der Waals surface area (Å²) in [5, 5.41) is 7.30. The summed E-state index contributed by atoms with van der Waals surface area (Å²) in [6.07, 6.45) is 3.93. The lowest BCUT2D eigenvalue weighted by Crippen LogP contribution is -2.35. The zero-order valence-corrected chi connectivity index (χ0v) is 19.3. The number of nitrogens with one attached hydrogen (secondary N) is 2. The molecule has 0 saturated heterocycles. The summed E-state index contributed by atoms with van der Waals surface area (Å²) >= 11 is 6.23. The second kappa shape index (κ2) is 8.11. The Bertz CT molecular complexity index is 1210. The minimum absolute atomic E-state index is 0.121. The van der Waals surface area contributed by atoms with E-state index in [-0.39, 0.29) is 5.91 Å². The Hall–Kier alpha value is -2.98. The summed E-state index contributed by atoms with van der Waals surface area (Å²) in [7, 11) is 1.58. The monoisotopic (exact) mass is 458 g/mol. The molecule has 5 atom stereocenters. The molecule has 3 aromatic rings. The number of hydrogen-bond acceptors (Lipinski definition) is 3. The second-order valence-corrected chi connectivity index (χ2v) is 9.98. The van der Waals surface area contributed by atoms with Gasteiger partial charge in [-0.25, -0.2) is 0 Å². The van der Waals surface area contributed by atoms with Crippen LogP contribution in [0, 0.1) is 17.8 Å². The van der Waals surface area contributed by atoms with E-state index in [4.69, 9.17) is 16.3 Å². The molecule has 2 N–H and O–H groups in total. The van der Waals surface area contributed by atoms with Crippen molar-refractivity contribution in [2.45, 2.75) is 31.2 Å². The highest BCUT2D eigenvalue weighted by molar-refractivity contribution is 6.32. The van der Waals surface area contributed by atoms with Crippen LogP contribution in [-0.4, -0.2) is 13.0 Å². The minimum Gasteiger partial charge on any atom is -0.495 e. The molecule has 2 bridgehead atoms. The van der Waals surface area contributed by atoms with E-state index in [9.17, 15) is 4.79 Å². The van der Waals surface area contributed by atoms with Gasteiger partial charge in [0.1, 0.15) is 5.75 Å². The van der Waals surface area contributed by atoms with Gasteiger partial charge in [0.15, 0.2) is 0 Å². The van der Waals surface area contributed by atoms with Crippen LogP contribution in [0.1, 0.15) is 52.7 Å². The lowest BCUT2D eigenvalue weighted by atomic mass is 9.68. The molecular weight excluding hydrogens is 432 g/mol. The summed E-state index contributed by atoms with van der Waals surface area (Å²) in [4.78, 5) is 13.1. The van der Waals surface area contributed by atoms with Crippen LogP contribution in [0.3, 0.4) is 0 Å². The maximum absolute atomic E-state index is 13.1. The average Bonchev–Trinajstić information content (AvgIpc) is 3.47. The lowest BCUT2D eigenvalue weighted by molar-refractivity contribution is 0.102. The number of rotatable bonds is 4. The fraction of sp³-hybridized carbons (Fsp3) is 0.321. The highest BCUT2D eigenvalue weighted by atomic mass is 35.5. The average molecular weight is 459 g/mol. The summed E-state index contributed by atoms with van der Waals surface area (Å²) in [6.45, 7) is 0. The molecule has 3 aromatic carbocycles. The van der Waals surface area contributed by atoms with Gasteiger partial charge >= 0.3 is 0 Å². The third-order valence-corrected chi connectivity index (χ3v) is 8.21. The van der Waals surface area contributed by atoms with Crippen LogP contribution in [0.2, 0.25) is 5.02 Å². The first-order valence-corrected chi connectivity index (χ1v) is 12.1. The highest BCUT2D eigenvalue weighted by Gasteiger charge is 2.53. The van der Waals surface area contributed by atoms with Gasteiger partial charge in [0, 0.05) is 16.9 Å². The Morgan fingerprint density at radius 2 is 1.85 bits per heavy atom. The summed E-state index contributed by atoms with van der Waals surface area (Å²) in [6, 6.07) is 22.6. The van der Waals surface area contributed by atoms with Gasteiger partial charge in [-0.15, -0.1) is 0 Å². The molecule has 0 unspecified atom stereocenters. The third kappa shape index (κ3) is 3.48. The summed E-state index contributed by atoms with van der Waals surface area (Å²) in [5.74, 6) is 3.02. The summed E-state index contributed by atoms with van der Waals surface area (Å²) in [5.41, 5.74) is 5.18. The zero-order chi connectivity index (χ0) is 22.5. The highest BCUT2D eigenvalue weighted by Crippen LogP contribution is 2.63. The number of halogens is 1. The molecule has 3 aliphatic rings. The molecule has 0 spiro atoms. The summed E-state index contributed by atoms with van der Waals surface area (Å²) < 4.78 is 5.21. The van der Waals surface area contributed by atoms with E-state index in [0.717, 1.165) is 5.92 Å². The number of carbonyl (C=O) groups is 1. The SMILES string of the molecule is COc1ccc(NC(=O)c2ccc3c(c2)[C@@H]2[C@H]4CC[C@@H](C4)[C@@H]2[C@H](c2ccccc2)N3)cc1Cl. The van der Waals surface area contributed by atoms with Crippen molar-refractivity contribution in [2.75, 3.05) is 17.7 Å². The molecule has 1 amide bonds. The Kier molecular flexibility index (Phi) is 5.06. The largest absolute Gasteiger partial charge is 0.495 e. The Labute approximate surface area is 199 Å². The smallest absolute Gasteiger partial charge is 0.255 e. The van der Waals surface area contributed by atoms with Crippen LogP contribution in [-0.2, 0) is 0 Å². The van der Waals surface area contributed by atoms with E-state index in [1.807, 2.05) is 6.07 Å². The molecule has 2 saturated carbocycles. The molecule has 33 heavy (non-hydrogen) atoms. The van der Waals surface area contributed by atoms with Gasteiger partial charge in [-0.3, -0.25) is 4.79 Å². The number of carbonyl (C=O) groups excluding carboxylic acids is 1. The molecule has 6 rings (SSSR count). The third-order valence-electron chi connectivity index (χ3n) is 7.92. The van der Waals surface area contributed by atoms with Gasteiger partial charge in [-0.2, -0.15) is 0 Å². The van der Waals surface area contributed by atoms with Crippen molar-refractivity contribution in [1.29, 1.82) is 0 Å². The molecule has 2 aliphatic carbocycles. The molecular formula is C28H27ClN2O2. The van der Waals surface area contributed by atoms with Crippen LogP contribution >= 0.6 is 11.6 Å². The molecule has 5 heteroatoms. The first-order valence-electron chi connectivity index (χ1n) is 11.7. The number of ether oxygens (including phenoxy) is 1. The molecule has 0 radical (unpaired) electrons. The predicted octanol–water partition coefficient (Wildman–Crippen LogP) is 6.90. The van der Waals surface area contributed by atoms with Crippen LogP contribution in [0.4, 0.5) is 11.4 Å². The molecule has 4 nitrogen and oxygen atoms in total.